The first-order valence-electron chi connectivity index (χ1n) is 6.75. The topological polar surface area (TPSA) is 55.1 Å². The molecule has 0 aliphatic carbocycles. The molecule has 0 saturated heterocycles. The first-order chi connectivity index (χ1) is 10.0. The number of hydrogen-bond donors (Lipinski definition) is 2. The normalized spacial score (nSPS) is 10.1. The monoisotopic (exact) mass is 298 g/mol. The maximum atomic E-state index is 11.9. The minimum Gasteiger partial charge on any atom is -0.389 e. The molecule has 1 amide bonds. The molecule has 0 aromatic heterocycles. The highest BCUT2D eigenvalue weighted by Gasteiger charge is 2.04. The van der Waals surface area contributed by atoms with Gasteiger partial charge in [-0.1, -0.05) is 66.3 Å². The summed E-state index contributed by atoms with van der Waals surface area (Å²) >= 11 is 4.90. The molecule has 0 atom stereocenters. The third kappa shape index (κ3) is 4.68. The Labute approximate surface area is 130 Å². The second kappa shape index (κ2) is 6.99. The van der Waals surface area contributed by atoms with Gasteiger partial charge in [-0.15, -0.1) is 0 Å². The molecular weight excluding hydrogens is 280 g/mol. The summed E-state index contributed by atoms with van der Waals surface area (Å²) in [7, 11) is 0. The number of nitrogens with two attached hydrogens (primary N) is 1. The average Bonchev–Trinajstić information content (AvgIpc) is 2.47. The van der Waals surface area contributed by atoms with Crippen molar-refractivity contribution in [3.8, 4) is 0 Å². The SMILES string of the molecule is Cc1ccc(CNC(=O)Cc2ccc(C(N)=S)cc2)cc1. The summed E-state index contributed by atoms with van der Waals surface area (Å²) in [4.78, 5) is 12.3. The zero-order valence-electron chi connectivity index (χ0n) is 11.9. The molecule has 0 bridgehead atoms. The maximum Gasteiger partial charge on any atom is 0.224 e. The van der Waals surface area contributed by atoms with Crippen LogP contribution in [0.4, 0.5) is 0 Å². The van der Waals surface area contributed by atoms with Crippen LogP contribution < -0.4 is 11.1 Å². The van der Waals surface area contributed by atoms with E-state index < -0.39 is 0 Å². The predicted molar refractivity (Wildman–Crippen MR) is 89.1 cm³/mol. The Balaban J connectivity index is 1.86. The Kier molecular flexibility index (Phi) is 5.06. The highest BCUT2D eigenvalue weighted by Crippen LogP contribution is 2.06. The van der Waals surface area contributed by atoms with Gasteiger partial charge < -0.3 is 11.1 Å². The lowest BCUT2D eigenvalue weighted by Gasteiger charge is -2.06. The lowest BCUT2D eigenvalue weighted by molar-refractivity contribution is -0.120. The van der Waals surface area contributed by atoms with Crippen molar-refractivity contribution < 1.29 is 4.79 Å². The Morgan fingerprint density at radius 3 is 2.19 bits per heavy atom. The number of hydrogen-bond acceptors (Lipinski definition) is 2. The molecular formula is C17H18N2OS. The molecule has 2 aromatic carbocycles. The first-order valence-corrected chi connectivity index (χ1v) is 7.16. The van der Waals surface area contributed by atoms with Crippen LogP contribution >= 0.6 is 12.2 Å². The maximum absolute atomic E-state index is 11.9. The Morgan fingerprint density at radius 2 is 1.62 bits per heavy atom. The highest BCUT2D eigenvalue weighted by atomic mass is 32.1. The van der Waals surface area contributed by atoms with Gasteiger partial charge in [-0.3, -0.25) is 4.79 Å². The van der Waals surface area contributed by atoms with Gasteiger partial charge in [-0.05, 0) is 18.1 Å². The molecule has 0 saturated carbocycles. The Hall–Kier alpha value is -2.20. The van der Waals surface area contributed by atoms with E-state index in [4.69, 9.17) is 18.0 Å². The van der Waals surface area contributed by atoms with Crippen LogP contribution in [0.15, 0.2) is 48.5 Å². The molecule has 0 aliphatic heterocycles. The van der Waals surface area contributed by atoms with Crippen LogP contribution in [0.2, 0.25) is 0 Å². The van der Waals surface area contributed by atoms with Crippen molar-refractivity contribution in [2.75, 3.05) is 0 Å². The molecule has 3 nitrogen and oxygen atoms in total. The number of amides is 1. The van der Waals surface area contributed by atoms with Gasteiger partial charge in [0.15, 0.2) is 0 Å². The van der Waals surface area contributed by atoms with Gasteiger partial charge in [-0.25, -0.2) is 0 Å². The van der Waals surface area contributed by atoms with E-state index >= 15 is 0 Å². The van der Waals surface area contributed by atoms with Gasteiger partial charge >= 0.3 is 0 Å². The molecule has 108 valence electrons. The quantitative estimate of drug-likeness (QED) is 0.834. The lowest BCUT2D eigenvalue weighted by atomic mass is 10.1. The number of carbonyl (C=O) groups excluding carboxylic acids is 1. The molecule has 0 aliphatic rings. The van der Waals surface area contributed by atoms with E-state index in [1.165, 1.54) is 5.56 Å². The van der Waals surface area contributed by atoms with Crippen molar-refractivity contribution in [3.05, 3.63) is 70.8 Å². The second-order valence-corrected chi connectivity index (χ2v) is 5.44. The molecule has 2 aromatic rings. The van der Waals surface area contributed by atoms with Crippen molar-refractivity contribution in [1.29, 1.82) is 0 Å². The van der Waals surface area contributed by atoms with Crippen molar-refractivity contribution in [2.24, 2.45) is 5.73 Å². The van der Waals surface area contributed by atoms with Crippen LogP contribution in [-0.2, 0) is 17.8 Å². The third-order valence-electron chi connectivity index (χ3n) is 3.21. The van der Waals surface area contributed by atoms with E-state index in [1.54, 1.807) is 0 Å². The largest absolute Gasteiger partial charge is 0.389 e. The van der Waals surface area contributed by atoms with Crippen molar-refractivity contribution in [2.45, 2.75) is 19.9 Å². The van der Waals surface area contributed by atoms with E-state index in [0.717, 1.165) is 16.7 Å². The third-order valence-corrected chi connectivity index (χ3v) is 3.45. The molecule has 0 fully saturated rings. The molecule has 0 radical (unpaired) electrons. The van der Waals surface area contributed by atoms with E-state index in [2.05, 4.69) is 5.32 Å². The second-order valence-electron chi connectivity index (χ2n) is 5.00. The zero-order valence-corrected chi connectivity index (χ0v) is 12.7. The minimum absolute atomic E-state index is 0.00125. The lowest BCUT2D eigenvalue weighted by Crippen LogP contribution is -2.24. The minimum atomic E-state index is -0.00125. The van der Waals surface area contributed by atoms with E-state index in [1.807, 2.05) is 55.5 Å². The fourth-order valence-electron chi connectivity index (χ4n) is 1.94. The van der Waals surface area contributed by atoms with E-state index in [9.17, 15) is 4.79 Å². The van der Waals surface area contributed by atoms with Crippen LogP contribution in [0.25, 0.3) is 0 Å². The number of nitrogens with one attached hydrogen (secondary N) is 1. The number of carbonyl (C=O) groups is 1. The average molecular weight is 298 g/mol. The molecule has 0 unspecified atom stereocenters. The van der Waals surface area contributed by atoms with Crippen molar-refractivity contribution >= 4 is 23.1 Å². The summed E-state index contributed by atoms with van der Waals surface area (Å²) in [5.41, 5.74) is 9.60. The standard InChI is InChI=1S/C17H18N2OS/c1-12-2-4-14(5-3-12)11-19-16(20)10-13-6-8-15(9-7-13)17(18)21/h2-9H,10-11H2,1H3,(H2,18,21)(H,19,20). The van der Waals surface area contributed by atoms with Crippen molar-refractivity contribution in [3.63, 3.8) is 0 Å². The fourth-order valence-corrected chi connectivity index (χ4v) is 2.08. The summed E-state index contributed by atoms with van der Waals surface area (Å²) in [6.07, 6.45) is 0.351. The smallest absolute Gasteiger partial charge is 0.224 e. The molecule has 0 spiro atoms. The number of benzene rings is 2. The number of rotatable bonds is 5. The Bertz CT molecular complexity index is 633. The number of thiocarbonyl (C=S) groups is 1. The van der Waals surface area contributed by atoms with Gasteiger partial charge in [0, 0.05) is 12.1 Å². The summed E-state index contributed by atoms with van der Waals surface area (Å²) in [6.45, 7) is 2.59. The summed E-state index contributed by atoms with van der Waals surface area (Å²) in [5.74, 6) is -0.00125. The predicted octanol–water partition coefficient (Wildman–Crippen LogP) is 2.49. The fraction of sp³-hybridized carbons (Fsp3) is 0.176. The van der Waals surface area contributed by atoms with Gasteiger partial charge in [0.2, 0.25) is 5.91 Å². The molecule has 2 rings (SSSR count). The van der Waals surface area contributed by atoms with Crippen LogP contribution in [0.3, 0.4) is 0 Å². The van der Waals surface area contributed by atoms with Crippen LogP contribution in [0, 0.1) is 6.92 Å². The van der Waals surface area contributed by atoms with E-state index in [-0.39, 0.29) is 5.91 Å². The van der Waals surface area contributed by atoms with Crippen LogP contribution in [0.1, 0.15) is 22.3 Å². The number of aryl methyl sites for hydroxylation is 1. The molecule has 0 heterocycles. The Morgan fingerprint density at radius 1 is 1.05 bits per heavy atom. The molecule has 4 heteroatoms. The molecule has 3 N–H and O–H groups in total. The zero-order chi connectivity index (χ0) is 15.2. The van der Waals surface area contributed by atoms with Crippen LogP contribution in [-0.4, -0.2) is 10.9 Å². The van der Waals surface area contributed by atoms with Gasteiger partial charge in [0.25, 0.3) is 0 Å². The van der Waals surface area contributed by atoms with Gasteiger partial charge in [-0.2, -0.15) is 0 Å². The van der Waals surface area contributed by atoms with Crippen LogP contribution in [0.5, 0.6) is 0 Å². The summed E-state index contributed by atoms with van der Waals surface area (Å²) in [5, 5.41) is 2.91. The van der Waals surface area contributed by atoms with Crippen molar-refractivity contribution in [1.82, 2.24) is 5.32 Å². The van der Waals surface area contributed by atoms with Gasteiger partial charge in [0.1, 0.15) is 4.99 Å². The summed E-state index contributed by atoms with van der Waals surface area (Å²) < 4.78 is 0. The van der Waals surface area contributed by atoms with E-state index in [0.29, 0.717) is 18.0 Å². The first kappa shape index (κ1) is 15.2. The highest BCUT2D eigenvalue weighted by molar-refractivity contribution is 7.80. The summed E-state index contributed by atoms with van der Waals surface area (Å²) in [6, 6.07) is 15.5. The molecule has 21 heavy (non-hydrogen) atoms. The van der Waals surface area contributed by atoms with Gasteiger partial charge in [0.05, 0.1) is 6.42 Å².